The average Bonchev–Trinajstić information content (AvgIpc) is 3.00. The van der Waals surface area contributed by atoms with Gasteiger partial charge in [-0.15, -0.1) is 0 Å². The minimum atomic E-state index is -4.95. The molecular weight excluding hydrogens is 337 g/mol. The van der Waals surface area contributed by atoms with Crippen LogP contribution in [0.4, 0.5) is 13.2 Å². The highest BCUT2D eigenvalue weighted by Crippen LogP contribution is 2.40. The second kappa shape index (κ2) is 7.24. The van der Waals surface area contributed by atoms with Gasteiger partial charge < -0.3 is 20.7 Å². The van der Waals surface area contributed by atoms with Crippen molar-refractivity contribution in [3.05, 3.63) is 54.1 Å². The second-order valence-electron chi connectivity index (χ2n) is 5.65. The molecule has 0 radical (unpaired) electrons. The molecule has 25 heavy (non-hydrogen) atoms. The zero-order valence-corrected chi connectivity index (χ0v) is 13.5. The molecule has 2 aromatic rings. The number of nitrogens with zero attached hydrogens (tertiary/aromatic N) is 2. The van der Waals surface area contributed by atoms with Gasteiger partial charge in [-0.3, -0.25) is 4.79 Å². The zero-order valence-electron chi connectivity index (χ0n) is 13.5. The van der Waals surface area contributed by atoms with E-state index in [0.29, 0.717) is 5.56 Å². The lowest BCUT2D eigenvalue weighted by atomic mass is 9.97. The number of halogens is 3. The zero-order chi connectivity index (χ0) is 18.7. The number of carbonyl (C=O) groups is 1. The van der Waals surface area contributed by atoms with Crippen LogP contribution in [0.3, 0.4) is 0 Å². The van der Waals surface area contributed by atoms with Gasteiger partial charge in [0.2, 0.25) is 11.5 Å². The van der Waals surface area contributed by atoms with Gasteiger partial charge in [0, 0.05) is 32.4 Å². The predicted octanol–water partition coefficient (Wildman–Crippen LogP) is 1.38. The molecular formula is C16H19F3N4O2. The van der Waals surface area contributed by atoms with Crippen molar-refractivity contribution in [2.45, 2.75) is 24.2 Å². The highest BCUT2D eigenvalue weighted by atomic mass is 19.4. The van der Waals surface area contributed by atoms with Crippen molar-refractivity contribution in [3.63, 3.8) is 0 Å². The fourth-order valence-corrected chi connectivity index (χ4v) is 2.43. The summed E-state index contributed by atoms with van der Waals surface area (Å²) in [5.41, 5.74) is 3.15. The van der Waals surface area contributed by atoms with Crippen LogP contribution < -0.4 is 11.1 Å². The number of aliphatic hydroxyl groups is 1. The highest BCUT2D eigenvalue weighted by Gasteiger charge is 2.57. The molecule has 2 rings (SSSR count). The molecule has 0 saturated heterocycles. The molecule has 2 unspecified atom stereocenters. The van der Waals surface area contributed by atoms with Crippen LogP contribution in [0, 0.1) is 0 Å². The number of nitrogens with one attached hydrogen (secondary N) is 1. The lowest BCUT2D eigenvalue weighted by molar-refractivity contribution is -0.272. The Kier molecular flexibility index (Phi) is 5.48. The van der Waals surface area contributed by atoms with Gasteiger partial charge in [-0.25, -0.2) is 4.98 Å². The number of nitrogens with two attached hydrogens (primary N) is 1. The van der Waals surface area contributed by atoms with Gasteiger partial charge in [0.15, 0.2) is 0 Å². The molecule has 6 nitrogen and oxygen atoms in total. The molecule has 9 heteroatoms. The molecule has 2 atom stereocenters. The molecule has 0 aliphatic heterocycles. The van der Waals surface area contributed by atoms with Gasteiger partial charge in [0.05, 0.1) is 0 Å². The number of aryl methyl sites for hydroxylation is 1. The van der Waals surface area contributed by atoms with Crippen molar-refractivity contribution in [2.75, 3.05) is 6.54 Å². The molecule has 1 heterocycles. The molecule has 1 aromatic heterocycles. The molecule has 1 aromatic carbocycles. The smallest absolute Gasteiger partial charge is 0.374 e. The largest absolute Gasteiger partial charge is 0.424 e. The van der Waals surface area contributed by atoms with E-state index in [4.69, 9.17) is 5.73 Å². The third-order valence-corrected chi connectivity index (χ3v) is 3.89. The Hall–Kier alpha value is -2.39. The molecule has 0 saturated carbocycles. The summed E-state index contributed by atoms with van der Waals surface area (Å²) in [5.74, 6) is -1.17. The van der Waals surface area contributed by atoms with Crippen molar-refractivity contribution in [3.8, 4) is 0 Å². The van der Waals surface area contributed by atoms with E-state index in [1.54, 1.807) is 30.3 Å². The number of amides is 1. The fraction of sp³-hybridized carbons (Fsp3) is 0.375. The van der Waals surface area contributed by atoms with E-state index >= 15 is 0 Å². The number of imidazole rings is 1. The first kappa shape index (κ1) is 18.9. The van der Waals surface area contributed by atoms with Crippen molar-refractivity contribution < 1.29 is 23.1 Å². The minimum absolute atomic E-state index is 0.414. The first-order valence-corrected chi connectivity index (χ1v) is 7.52. The summed E-state index contributed by atoms with van der Waals surface area (Å²) in [6.45, 7) is -0.414. The van der Waals surface area contributed by atoms with Crippen molar-refractivity contribution in [2.24, 2.45) is 12.8 Å². The van der Waals surface area contributed by atoms with E-state index in [9.17, 15) is 23.1 Å². The number of hydrogen-bond donors (Lipinski definition) is 3. The SMILES string of the molecule is Cn1ccnc1C(O)(CCNC(=O)C(N)c1ccccc1)C(F)(F)F. The quantitative estimate of drug-likeness (QED) is 0.729. The molecule has 0 aliphatic carbocycles. The van der Waals surface area contributed by atoms with Gasteiger partial charge in [-0.05, 0) is 5.56 Å². The standard InChI is InChI=1S/C16H19F3N4O2/c1-23-10-9-22-14(23)15(25,16(17,18)19)7-8-21-13(24)12(20)11-5-3-2-4-6-11/h2-6,9-10,12,25H,7-8,20H2,1H3,(H,21,24). The van der Waals surface area contributed by atoms with Crippen LogP contribution in [-0.4, -0.2) is 33.3 Å². The molecule has 1 amide bonds. The van der Waals surface area contributed by atoms with Crippen LogP contribution in [0.5, 0.6) is 0 Å². The number of hydrogen-bond acceptors (Lipinski definition) is 4. The van der Waals surface area contributed by atoms with Gasteiger partial charge in [-0.2, -0.15) is 13.2 Å². The Balaban J connectivity index is 2.05. The number of aromatic nitrogens is 2. The molecule has 0 fully saturated rings. The van der Waals surface area contributed by atoms with E-state index in [1.165, 1.54) is 13.2 Å². The minimum Gasteiger partial charge on any atom is -0.374 e. The average molecular weight is 356 g/mol. The Morgan fingerprint density at radius 1 is 1.36 bits per heavy atom. The van der Waals surface area contributed by atoms with E-state index < -0.39 is 42.5 Å². The van der Waals surface area contributed by atoms with Crippen LogP contribution in [0.2, 0.25) is 0 Å². The number of carbonyl (C=O) groups excluding carboxylic acids is 1. The fourth-order valence-electron chi connectivity index (χ4n) is 2.43. The molecule has 136 valence electrons. The number of benzene rings is 1. The second-order valence-corrected chi connectivity index (χ2v) is 5.65. The lowest BCUT2D eigenvalue weighted by Gasteiger charge is -2.30. The Morgan fingerprint density at radius 3 is 2.52 bits per heavy atom. The van der Waals surface area contributed by atoms with Crippen molar-refractivity contribution in [1.82, 2.24) is 14.9 Å². The maximum absolute atomic E-state index is 13.4. The van der Waals surface area contributed by atoms with E-state index in [1.807, 2.05) is 0 Å². The van der Waals surface area contributed by atoms with Crippen LogP contribution in [0.15, 0.2) is 42.7 Å². The third kappa shape index (κ3) is 3.99. The summed E-state index contributed by atoms with van der Waals surface area (Å²) in [6, 6.07) is 7.44. The molecule has 0 bridgehead atoms. The summed E-state index contributed by atoms with van der Waals surface area (Å²) in [4.78, 5) is 15.6. The maximum Gasteiger partial charge on any atom is 0.424 e. The third-order valence-electron chi connectivity index (χ3n) is 3.89. The molecule has 4 N–H and O–H groups in total. The van der Waals surface area contributed by atoms with Crippen LogP contribution in [0.25, 0.3) is 0 Å². The van der Waals surface area contributed by atoms with Gasteiger partial charge in [0.1, 0.15) is 11.9 Å². The summed E-state index contributed by atoms with van der Waals surface area (Å²) in [6.07, 6.45) is -3.27. The van der Waals surface area contributed by atoms with Crippen molar-refractivity contribution >= 4 is 5.91 Å². The van der Waals surface area contributed by atoms with E-state index in [2.05, 4.69) is 10.3 Å². The summed E-state index contributed by atoms with van der Waals surface area (Å²) in [7, 11) is 1.35. The van der Waals surface area contributed by atoms with E-state index in [-0.39, 0.29) is 0 Å². The maximum atomic E-state index is 13.4. The van der Waals surface area contributed by atoms with Crippen LogP contribution in [0.1, 0.15) is 23.9 Å². The lowest BCUT2D eigenvalue weighted by Crippen LogP contribution is -2.47. The number of rotatable bonds is 6. The monoisotopic (exact) mass is 356 g/mol. The Bertz CT molecular complexity index is 718. The highest BCUT2D eigenvalue weighted by molar-refractivity contribution is 5.82. The van der Waals surface area contributed by atoms with Crippen LogP contribution >= 0.6 is 0 Å². The van der Waals surface area contributed by atoms with Gasteiger partial charge in [-0.1, -0.05) is 30.3 Å². The molecule has 0 spiro atoms. The normalized spacial score (nSPS) is 15.4. The van der Waals surface area contributed by atoms with E-state index in [0.717, 1.165) is 10.8 Å². The van der Waals surface area contributed by atoms with Crippen molar-refractivity contribution in [1.29, 1.82) is 0 Å². The summed E-state index contributed by atoms with van der Waals surface area (Å²) >= 11 is 0. The number of alkyl halides is 3. The molecule has 0 aliphatic rings. The summed E-state index contributed by atoms with van der Waals surface area (Å²) < 4.78 is 41.2. The Labute approximate surface area is 142 Å². The predicted molar refractivity (Wildman–Crippen MR) is 84.2 cm³/mol. The Morgan fingerprint density at radius 2 is 2.00 bits per heavy atom. The summed E-state index contributed by atoms with van der Waals surface area (Å²) in [5, 5.41) is 12.5. The first-order valence-electron chi connectivity index (χ1n) is 7.52. The van der Waals surface area contributed by atoms with Gasteiger partial charge in [0.25, 0.3) is 0 Å². The van der Waals surface area contributed by atoms with Crippen LogP contribution in [-0.2, 0) is 17.4 Å². The first-order chi connectivity index (χ1) is 11.7. The topological polar surface area (TPSA) is 93.2 Å². The van der Waals surface area contributed by atoms with Gasteiger partial charge >= 0.3 is 6.18 Å².